The van der Waals surface area contributed by atoms with Gasteiger partial charge >= 0.3 is 5.97 Å². The highest BCUT2D eigenvalue weighted by Gasteiger charge is 2.18. The molecule has 0 radical (unpaired) electrons. The molecule has 32 heavy (non-hydrogen) atoms. The summed E-state index contributed by atoms with van der Waals surface area (Å²) in [5.74, 6) is -0.706. The quantitative estimate of drug-likeness (QED) is 0.548. The van der Waals surface area contributed by atoms with Gasteiger partial charge in [-0.2, -0.15) is 0 Å². The highest BCUT2D eigenvalue weighted by Crippen LogP contribution is 2.25. The van der Waals surface area contributed by atoms with Crippen LogP contribution < -0.4 is 0 Å². The number of nitrogens with zero attached hydrogens (tertiary/aromatic N) is 2. The van der Waals surface area contributed by atoms with Crippen LogP contribution in [-0.2, 0) is 9.53 Å². The molecule has 9 heteroatoms. The fraction of sp³-hybridized carbons (Fsp3) is 0.435. The Morgan fingerprint density at radius 3 is 1.69 bits per heavy atom. The largest absolute Gasteiger partial charge is 0.481 e. The first-order valence-corrected chi connectivity index (χ1v) is 10.1. The molecule has 2 aromatic rings. The van der Waals surface area contributed by atoms with Crippen LogP contribution in [0.1, 0.15) is 30.1 Å². The smallest absolute Gasteiger partial charge is 0.303 e. The predicted octanol–water partition coefficient (Wildman–Crippen LogP) is 2.47. The van der Waals surface area contributed by atoms with Crippen molar-refractivity contribution in [3.05, 3.63) is 71.8 Å². The first kappa shape index (κ1) is 32.5. The van der Waals surface area contributed by atoms with Crippen molar-refractivity contribution in [3.8, 4) is 0 Å². The summed E-state index contributed by atoms with van der Waals surface area (Å²) in [4.78, 5) is 15.4. The Morgan fingerprint density at radius 1 is 0.812 bits per heavy atom. The molecule has 0 aromatic heterocycles. The maximum Gasteiger partial charge on any atom is 0.303 e. The number of carbonyl (C=O) groups is 1. The van der Waals surface area contributed by atoms with Crippen LogP contribution in [0.4, 0.5) is 0 Å². The average Bonchev–Trinajstić information content (AvgIpc) is 2.73. The maximum absolute atomic E-state index is 10.6. The van der Waals surface area contributed by atoms with Gasteiger partial charge in [-0.1, -0.05) is 60.7 Å². The number of rotatable bonds is 10. The number of aliphatic carboxylic acids is 1. The Labute approximate surface area is 202 Å². The van der Waals surface area contributed by atoms with Crippen LogP contribution in [0.3, 0.4) is 0 Å². The number of hydrogen-bond donors (Lipinski definition) is 1. The van der Waals surface area contributed by atoms with Gasteiger partial charge in [0.1, 0.15) is 6.10 Å². The molecule has 0 spiro atoms. The highest BCUT2D eigenvalue weighted by molar-refractivity contribution is 5.85. The van der Waals surface area contributed by atoms with E-state index in [1.807, 2.05) is 12.1 Å². The van der Waals surface area contributed by atoms with Gasteiger partial charge in [0.25, 0.3) is 0 Å². The minimum Gasteiger partial charge on any atom is -0.481 e. The van der Waals surface area contributed by atoms with E-state index in [9.17, 15) is 4.79 Å². The number of halogens is 2. The van der Waals surface area contributed by atoms with E-state index < -0.39 is 5.97 Å². The third-order valence-corrected chi connectivity index (χ3v) is 5.23. The minimum absolute atomic E-state index is 0. The molecule has 1 saturated heterocycles. The molecule has 5 N–H and O–H groups in total. The van der Waals surface area contributed by atoms with E-state index >= 15 is 0 Å². The van der Waals surface area contributed by atoms with Gasteiger partial charge in [-0.05, 0) is 24.1 Å². The Morgan fingerprint density at radius 2 is 1.25 bits per heavy atom. The fourth-order valence-electron chi connectivity index (χ4n) is 3.63. The molecular formula is C23H36Cl2N2O5. The lowest BCUT2D eigenvalue weighted by Gasteiger charge is -2.34. The summed E-state index contributed by atoms with van der Waals surface area (Å²) in [5, 5.41) is 8.75. The van der Waals surface area contributed by atoms with Crippen molar-refractivity contribution < 1.29 is 25.6 Å². The molecule has 1 fully saturated rings. The molecule has 7 nitrogen and oxygen atoms in total. The summed E-state index contributed by atoms with van der Waals surface area (Å²) in [5.41, 5.74) is 2.36. The first-order valence-electron chi connectivity index (χ1n) is 10.1. The molecule has 1 aliphatic rings. The molecule has 2 aromatic carbocycles. The number of piperazine rings is 1. The molecule has 0 aliphatic carbocycles. The molecule has 0 saturated carbocycles. The topological polar surface area (TPSA) is 116 Å². The van der Waals surface area contributed by atoms with Crippen molar-refractivity contribution in [1.82, 2.24) is 9.80 Å². The van der Waals surface area contributed by atoms with Crippen molar-refractivity contribution >= 4 is 30.8 Å². The molecule has 0 amide bonds. The van der Waals surface area contributed by atoms with Crippen LogP contribution >= 0.6 is 24.8 Å². The van der Waals surface area contributed by atoms with E-state index in [2.05, 4.69) is 58.3 Å². The van der Waals surface area contributed by atoms with Crippen molar-refractivity contribution in [2.24, 2.45) is 0 Å². The monoisotopic (exact) mass is 490 g/mol. The average molecular weight is 491 g/mol. The standard InChI is InChI=1S/C23H30N2O3.2ClH.2H2O/c26-22(27)12-7-13-24-14-16-25(17-15-24)18-19-28-23(20-8-3-1-4-9-20)21-10-5-2-6-11-21;;;;/h1-6,8-11,23H,7,12-19H2,(H,26,27);2*1H;2*1H2. The molecular weight excluding hydrogens is 455 g/mol. The fourth-order valence-corrected chi connectivity index (χ4v) is 3.63. The van der Waals surface area contributed by atoms with E-state index in [1.54, 1.807) is 0 Å². The number of benzene rings is 2. The van der Waals surface area contributed by atoms with Gasteiger partial charge in [0.05, 0.1) is 6.61 Å². The lowest BCUT2D eigenvalue weighted by atomic mass is 10.0. The van der Waals surface area contributed by atoms with E-state index in [0.29, 0.717) is 6.61 Å². The van der Waals surface area contributed by atoms with E-state index in [-0.39, 0.29) is 48.3 Å². The lowest BCUT2D eigenvalue weighted by molar-refractivity contribution is -0.137. The van der Waals surface area contributed by atoms with Gasteiger partial charge in [-0.3, -0.25) is 9.69 Å². The molecule has 1 aliphatic heterocycles. The molecule has 3 rings (SSSR count). The Hall–Kier alpha value is -1.71. The molecule has 0 bridgehead atoms. The zero-order valence-electron chi connectivity index (χ0n) is 18.2. The SMILES string of the molecule is Cl.Cl.O.O.O=C(O)CCCN1CCN(CCOC(c2ccccc2)c2ccccc2)CC1. The van der Waals surface area contributed by atoms with Crippen LogP contribution in [0.5, 0.6) is 0 Å². The van der Waals surface area contributed by atoms with E-state index in [0.717, 1.165) is 45.7 Å². The maximum atomic E-state index is 10.6. The van der Waals surface area contributed by atoms with Crippen molar-refractivity contribution in [3.63, 3.8) is 0 Å². The van der Waals surface area contributed by atoms with Crippen LogP contribution in [0, 0.1) is 0 Å². The summed E-state index contributed by atoms with van der Waals surface area (Å²) in [7, 11) is 0. The molecule has 182 valence electrons. The Kier molecular flexibility index (Phi) is 18.1. The van der Waals surface area contributed by atoms with E-state index in [1.165, 1.54) is 11.1 Å². The third-order valence-electron chi connectivity index (χ3n) is 5.23. The lowest BCUT2D eigenvalue weighted by Crippen LogP contribution is -2.47. The van der Waals surface area contributed by atoms with Crippen LogP contribution in [0.15, 0.2) is 60.7 Å². The van der Waals surface area contributed by atoms with Crippen LogP contribution in [0.2, 0.25) is 0 Å². The third kappa shape index (κ3) is 10.7. The van der Waals surface area contributed by atoms with Gasteiger partial charge in [-0.25, -0.2) is 0 Å². The number of ether oxygens (including phenoxy) is 1. The van der Waals surface area contributed by atoms with Gasteiger partial charge in [0.2, 0.25) is 0 Å². The Balaban J connectivity index is 0. The molecule has 0 unspecified atom stereocenters. The summed E-state index contributed by atoms with van der Waals surface area (Å²) >= 11 is 0. The number of hydrogen-bond acceptors (Lipinski definition) is 4. The minimum atomic E-state index is -0.706. The second-order valence-corrected chi connectivity index (χ2v) is 7.25. The summed E-state index contributed by atoms with van der Waals surface area (Å²) < 4.78 is 6.31. The number of carboxylic acids is 1. The first-order chi connectivity index (χ1) is 13.7. The normalized spacial score (nSPS) is 13.8. The summed E-state index contributed by atoms with van der Waals surface area (Å²) in [6.07, 6.45) is 0.947. The summed E-state index contributed by atoms with van der Waals surface area (Å²) in [6, 6.07) is 20.7. The molecule has 1 heterocycles. The zero-order valence-corrected chi connectivity index (χ0v) is 19.8. The van der Waals surface area contributed by atoms with Crippen molar-refractivity contribution in [2.45, 2.75) is 18.9 Å². The van der Waals surface area contributed by atoms with Gasteiger partial charge < -0.3 is 25.7 Å². The van der Waals surface area contributed by atoms with Gasteiger partial charge in [-0.15, -0.1) is 24.8 Å². The second kappa shape index (κ2) is 17.8. The predicted molar refractivity (Wildman–Crippen MR) is 132 cm³/mol. The highest BCUT2D eigenvalue weighted by atomic mass is 35.5. The number of carboxylic acid groups (broad SMARTS) is 1. The zero-order chi connectivity index (χ0) is 19.6. The van der Waals surface area contributed by atoms with Crippen molar-refractivity contribution in [1.29, 1.82) is 0 Å². The summed E-state index contributed by atoms with van der Waals surface area (Å²) in [6.45, 7) is 6.50. The Bertz CT molecular complexity index is 677. The van der Waals surface area contributed by atoms with Crippen LogP contribution in [-0.4, -0.2) is 77.7 Å². The van der Waals surface area contributed by atoms with Crippen LogP contribution in [0.25, 0.3) is 0 Å². The van der Waals surface area contributed by atoms with Gasteiger partial charge in [0.15, 0.2) is 0 Å². The van der Waals surface area contributed by atoms with E-state index in [4.69, 9.17) is 9.84 Å². The second-order valence-electron chi connectivity index (χ2n) is 7.25. The molecule has 0 atom stereocenters. The van der Waals surface area contributed by atoms with Gasteiger partial charge in [0, 0.05) is 39.1 Å². The van der Waals surface area contributed by atoms with Crippen molar-refractivity contribution in [2.75, 3.05) is 45.9 Å².